The van der Waals surface area contributed by atoms with Crippen LogP contribution in [0.2, 0.25) is 0 Å². The second kappa shape index (κ2) is 8.51. The molecule has 0 radical (unpaired) electrons. The molecule has 0 aliphatic heterocycles. The number of carbonyl (C=O) groups is 2. The zero-order valence-corrected chi connectivity index (χ0v) is 18.4. The average Bonchev–Trinajstić information content (AvgIpc) is 2.98. The maximum absolute atomic E-state index is 12.4. The molecule has 0 unspecified atom stereocenters. The SMILES string of the molecule is CCS(=O)(=O)C(=Cc1c(C)nn(-c2cc(C(=O)O)ccc2C(=O)O)c1O)S(=O)(=O)CC. The zero-order valence-electron chi connectivity index (χ0n) is 16.7. The molecule has 0 aliphatic rings. The molecule has 0 bridgehead atoms. The first-order valence-electron chi connectivity index (χ1n) is 8.83. The van der Waals surface area contributed by atoms with Crippen LogP contribution in [-0.2, 0) is 19.7 Å². The molecule has 0 spiro atoms. The molecular weight excluding hydrogens is 452 g/mol. The van der Waals surface area contributed by atoms with Crippen molar-refractivity contribution in [1.82, 2.24) is 9.78 Å². The molecule has 0 atom stereocenters. The van der Waals surface area contributed by atoms with Crippen LogP contribution in [-0.4, -0.2) is 65.4 Å². The quantitative estimate of drug-likeness (QED) is 0.508. The Hall–Kier alpha value is -3.19. The lowest BCUT2D eigenvalue weighted by Gasteiger charge is -2.09. The highest BCUT2D eigenvalue weighted by Crippen LogP contribution is 2.31. The van der Waals surface area contributed by atoms with Gasteiger partial charge in [-0.1, -0.05) is 13.8 Å². The number of aromatic hydroxyl groups is 1. The Balaban J connectivity index is 2.87. The van der Waals surface area contributed by atoms with Crippen molar-refractivity contribution in [3.05, 3.63) is 44.8 Å². The van der Waals surface area contributed by atoms with Gasteiger partial charge in [0.2, 0.25) is 5.88 Å². The van der Waals surface area contributed by atoms with Gasteiger partial charge in [0.25, 0.3) is 0 Å². The number of rotatable bonds is 8. The van der Waals surface area contributed by atoms with Crippen LogP contribution < -0.4 is 0 Å². The van der Waals surface area contributed by atoms with Gasteiger partial charge in [0.1, 0.15) is 0 Å². The molecule has 1 aromatic carbocycles. The number of aromatic carboxylic acids is 2. The molecule has 0 fully saturated rings. The molecule has 168 valence electrons. The molecule has 0 amide bonds. The van der Waals surface area contributed by atoms with Crippen molar-refractivity contribution in [2.45, 2.75) is 20.8 Å². The predicted molar refractivity (Wildman–Crippen MR) is 111 cm³/mol. The standard InChI is InChI=1S/C18H20N2O9S2/c1-4-30(26,27)15(31(28,29)5-2)9-13-10(3)19-20(16(13)21)14-8-11(17(22)23)6-7-12(14)18(24)25/h6-9,21H,4-5H2,1-3H3,(H,22,23)(H,24,25). The number of hydrogen-bond acceptors (Lipinski definition) is 8. The smallest absolute Gasteiger partial charge is 0.337 e. The van der Waals surface area contributed by atoms with E-state index in [1.807, 2.05) is 0 Å². The Labute approximate surface area is 178 Å². The molecule has 0 aliphatic carbocycles. The van der Waals surface area contributed by atoms with E-state index in [0.29, 0.717) is 4.68 Å². The fraction of sp³-hybridized carbons (Fsp3) is 0.278. The van der Waals surface area contributed by atoms with E-state index in [4.69, 9.17) is 0 Å². The van der Waals surface area contributed by atoms with E-state index in [1.165, 1.54) is 20.8 Å². The van der Waals surface area contributed by atoms with Crippen molar-refractivity contribution in [2.75, 3.05) is 11.5 Å². The molecule has 31 heavy (non-hydrogen) atoms. The molecule has 13 heteroatoms. The normalized spacial score (nSPS) is 11.8. The van der Waals surface area contributed by atoms with Crippen molar-refractivity contribution in [1.29, 1.82) is 0 Å². The summed E-state index contributed by atoms with van der Waals surface area (Å²) in [4.78, 5) is 22.8. The van der Waals surface area contributed by atoms with E-state index < -0.39 is 53.2 Å². The predicted octanol–water partition coefficient (Wildman–Crippen LogP) is 1.45. The minimum atomic E-state index is -4.20. The Bertz CT molecular complexity index is 1270. The van der Waals surface area contributed by atoms with Crippen LogP contribution in [0.5, 0.6) is 5.88 Å². The van der Waals surface area contributed by atoms with Gasteiger partial charge in [-0.2, -0.15) is 9.78 Å². The van der Waals surface area contributed by atoms with Gasteiger partial charge in [-0.15, -0.1) is 0 Å². The van der Waals surface area contributed by atoms with Crippen molar-refractivity contribution < 1.29 is 41.7 Å². The summed E-state index contributed by atoms with van der Waals surface area (Å²) in [5.41, 5.74) is -1.25. The van der Waals surface area contributed by atoms with Crippen molar-refractivity contribution in [3.63, 3.8) is 0 Å². The number of sulfone groups is 2. The number of hydrogen-bond donors (Lipinski definition) is 3. The van der Waals surface area contributed by atoms with Crippen LogP contribution >= 0.6 is 0 Å². The minimum Gasteiger partial charge on any atom is -0.493 e. The summed E-state index contributed by atoms with van der Waals surface area (Å²) in [6.07, 6.45) is 0.771. The Kier molecular flexibility index (Phi) is 6.61. The lowest BCUT2D eigenvalue weighted by atomic mass is 10.1. The molecule has 0 saturated carbocycles. The van der Waals surface area contributed by atoms with Crippen molar-refractivity contribution >= 4 is 37.7 Å². The summed E-state index contributed by atoms with van der Waals surface area (Å²) in [5.74, 6) is -4.55. The van der Waals surface area contributed by atoms with Crippen LogP contribution in [0.4, 0.5) is 0 Å². The third-order valence-corrected chi connectivity index (χ3v) is 8.93. The fourth-order valence-corrected chi connectivity index (χ4v) is 6.08. The lowest BCUT2D eigenvalue weighted by Crippen LogP contribution is -2.17. The summed E-state index contributed by atoms with van der Waals surface area (Å²) < 4.78 is 49.3. The number of aromatic nitrogens is 2. The molecular formula is C18H20N2O9S2. The van der Waals surface area contributed by atoms with E-state index in [9.17, 15) is 41.7 Å². The van der Waals surface area contributed by atoms with E-state index >= 15 is 0 Å². The summed E-state index contributed by atoms with van der Waals surface area (Å²) >= 11 is 0. The van der Waals surface area contributed by atoms with Gasteiger partial charge in [-0.3, -0.25) is 0 Å². The zero-order chi connectivity index (χ0) is 23.7. The van der Waals surface area contributed by atoms with Gasteiger partial charge in [-0.25, -0.2) is 26.4 Å². The fourth-order valence-electron chi connectivity index (χ4n) is 2.66. The van der Waals surface area contributed by atoms with Crippen LogP contribution in [0.15, 0.2) is 22.4 Å². The van der Waals surface area contributed by atoms with Crippen LogP contribution in [0.25, 0.3) is 11.8 Å². The lowest BCUT2D eigenvalue weighted by molar-refractivity contribution is 0.0681. The number of nitrogens with zero attached hydrogens (tertiary/aromatic N) is 2. The Morgan fingerprint density at radius 3 is 2.03 bits per heavy atom. The second-order valence-electron chi connectivity index (χ2n) is 6.35. The van der Waals surface area contributed by atoms with Gasteiger partial charge in [0.05, 0.1) is 39.6 Å². The molecule has 0 saturated heterocycles. The number of carboxylic acids is 2. The summed E-state index contributed by atoms with van der Waals surface area (Å²) in [7, 11) is -8.41. The largest absolute Gasteiger partial charge is 0.493 e. The van der Waals surface area contributed by atoms with Gasteiger partial charge in [0, 0.05) is 0 Å². The first-order chi connectivity index (χ1) is 14.3. The molecule has 1 aromatic heterocycles. The molecule has 1 heterocycles. The summed E-state index contributed by atoms with van der Waals surface area (Å²) in [6, 6.07) is 3.04. The number of benzene rings is 1. The Morgan fingerprint density at radius 1 is 1.03 bits per heavy atom. The highest BCUT2D eigenvalue weighted by atomic mass is 32.3. The summed E-state index contributed by atoms with van der Waals surface area (Å²) in [6.45, 7) is 3.88. The molecule has 2 aromatic rings. The van der Waals surface area contributed by atoms with Crippen molar-refractivity contribution in [2.24, 2.45) is 0 Å². The van der Waals surface area contributed by atoms with Gasteiger partial charge >= 0.3 is 11.9 Å². The minimum absolute atomic E-state index is 0.00956. The van der Waals surface area contributed by atoms with Gasteiger partial charge in [0.15, 0.2) is 23.9 Å². The second-order valence-corrected chi connectivity index (χ2v) is 11.1. The van der Waals surface area contributed by atoms with E-state index in [0.717, 1.165) is 24.3 Å². The number of carboxylic acid groups (broad SMARTS) is 2. The van der Waals surface area contributed by atoms with Crippen LogP contribution in [0, 0.1) is 6.92 Å². The van der Waals surface area contributed by atoms with Gasteiger partial charge < -0.3 is 15.3 Å². The third kappa shape index (κ3) is 4.61. The monoisotopic (exact) mass is 472 g/mol. The topological polar surface area (TPSA) is 181 Å². The number of aryl methyl sites for hydroxylation is 1. The molecule has 2 rings (SSSR count). The summed E-state index contributed by atoms with van der Waals surface area (Å²) in [5, 5.41) is 33.2. The van der Waals surface area contributed by atoms with Crippen molar-refractivity contribution in [3.8, 4) is 11.6 Å². The van der Waals surface area contributed by atoms with Crippen LogP contribution in [0.3, 0.4) is 0 Å². The maximum Gasteiger partial charge on any atom is 0.337 e. The molecule has 11 nitrogen and oxygen atoms in total. The highest BCUT2D eigenvalue weighted by molar-refractivity contribution is 8.14. The Morgan fingerprint density at radius 2 is 1.58 bits per heavy atom. The first kappa shape index (κ1) is 24.1. The maximum atomic E-state index is 12.4. The van der Waals surface area contributed by atoms with Crippen LogP contribution in [0.1, 0.15) is 45.8 Å². The highest BCUT2D eigenvalue weighted by Gasteiger charge is 2.30. The average molecular weight is 472 g/mol. The van der Waals surface area contributed by atoms with E-state index in [-0.39, 0.29) is 28.1 Å². The van der Waals surface area contributed by atoms with E-state index in [1.54, 1.807) is 0 Å². The third-order valence-electron chi connectivity index (χ3n) is 4.42. The first-order valence-corrected chi connectivity index (χ1v) is 12.1. The molecule has 3 N–H and O–H groups in total. The van der Waals surface area contributed by atoms with Gasteiger partial charge in [-0.05, 0) is 31.2 Å². The van der Waals surface area contributed by atoms with E-state index in [2.05, 4.69) is 5.10 Å².